The number of halogens is 3. The number of rotatable bonds is 4. The minimum absolute atomic E-state index is 0.0569. The molecule has 2 aromatic rings. The highest BCUT2D eigenvalue weighted by atomic mass is 35.5. The van der Waals surface area contributed by atoms with E-state index in [-0.39, 0.29) is 23.8 Å². The van der Waals surface area contributed by atoms with Crippen LogP contribution in [0.1, 0.15) is 42.9 Å². The van der Waals surface area contributed by atoms with Crippen LogP contribution in [0.25, 0.3) is 0 Å². The van der Waals surface area contributed by atoms with Gasteiger partial charge in [-0.3, -0.25) is 9.69 Å². The van der Waals surface area contributed by atoms with Gasteiger partial charge < -0.3 is 4.90 Å². The van der Waals surface area contributed by atoms with Crippen LogP contribution in [0.5, 0.6) is 0 Å². The molecule has 4 rings (SSSR count). The van der Waals surface area contributed by atoms with Crippen LogP contribution in [0.4, 0.5) is 4.39 Å². The van der Waals surface area contributed by atoms with E-state index >= 15 is 0 Å². The summed E-state index contributed by atoms with van der Waals surface area (Å²) in [6.45, 7) is 3.48. The lowest BCUT2D eigenvalue weighted by molar-refractivity contribution is -0.128. The molecule has 0 radical (unpaired) electrons. The van der Waals surface area contributed by atoms with Gasteiger partial charge in [0.2, 0.25) is 0 Å². The molecular formula is C24H25Cl2FN2O. The highest BCUT2D eigenvalue weighted by Crippen LogP contribution is 2.37. The molecule has 0 aromatic heterocycles. The van der Waals surface area contributed by atoms with Crippen molar-refractivity contribution in [1.29, 1.82) is 0 Å². The maximum atomic E-state index is 13.3. The third-order valence-electron chi connectivity index (χ3n) is 6.42. The van der Waals surface area contributed by atoms with Gasteiger partial charge in [-0.05, 0) is 80.7 Å². The number of piperidine rings is 1. The number of hydrogen-bond acceptors (Lipinski definition) is 2. The number of carbonyl (C=O) groups excluding carboxylic acids is 1. The fourth-order valence-electron chi connectivity index (χ4n) is 4.63. The predicted octanol–water partition coefficient (Wildman–Crippen LogP) is 5.84. The summed E-state index contributed by atoms with van der Waals surface area (Å²) in [4.78, 5) is 17.5. The first-order valence-corrected chi connectivity index (χ1v) is 11.0. The molecule has 2 heterocycles. The van der Waals surface area contributed by atoms with Gasteiger partial charge in [0.05, 0.1) is 6.04 Å². The van der Waals surface area contributed by atoms with E-state index < -0.39 is 0 Å². The maximum Gasteiger partial charge on any atom is 0.251 e. The minimum atomic E-state index is -0.220. The molecular weight excluding hydrogens is 422 g/mol. The summed E-state index contributed by atoms with van der Waals surface area (Å²) in [6, 6.07) is 12.1. The van der Waals surface area contributed by atoms with Gasteiger partial charge in [-0.2, -0.15) is 0 Å². The number of nitrogens with zero attached hydrogens (tertiary/aromatic N) is 2. The highest BCUT2D eigenvalue weighted by molar-refractivity contribution is 6.34. The summed E-state index contributed by atoms with van der Waals surface area (Å²) in [5.74, 6) is 0.163. The van der Waals surface area contributed by atoms with E-state index in [1.54, 1.807) is 6.07 Å². The first-order chi connectivity index (χ1) is 14.3. The van der Waals surface area contributed by atoms with Gasteiger partial charge in [0.15, 0.2) is 0 Å². The van der Waals surface area contributed by atoms with Crippen LogP contribution < -0.4 is 0 Å². The Hall–Kier alpha value is -1.88. The average Bonchev–Trinajstić information content (AvgIpc) is 3.09. The van der Waals surface area contributed by atoms with E-state index in [4.69, 9.17) is 23.2 Å². The molecule has 158 valence electrons. The van der Waals surface area contributed by atoms with Crippen LogP contribution in [-0.4, -0.2) is 41.9 Å². The predicted molar refractivity (Wildman–Crippen MR) is 119 cm³/mol. The number of carbonyl (C=O) groups is 1. The van der Waals surface area contributed by atoms with E-state index in [9.17, 15) is 9.18 Å². The molecule has 2 aliphatic heterocycles. The van der Waals surface area contributed by atoms with Crippen molar-refractivity contribution in [3.63, 3.8) is 0 Å². The Balaban J connectivity index is 1.51. The standard InChI is InChI=1S/C24H25Cl2FN2O/c1-15(18-11-19(25)14-20(26)12-18)29-10-8-22(24(29)30)23-13-17(7-9-28(23)2)16-3-5-21(27)6-4-16/h3-6,8,11-12,14-15,17,23H,7,9-10,13H2,1-2H3. The highest BCUT2D eigenvalue weighted by Gasteiger charge is 2.37. The van der Waals surface area contributed by atoms with Gasteiger partial charge in [0.25, 0.3) is 5.91 Å². The molecule has 0 spiro atoms. The molecule has 3 nitrogen and oxygen atoms in total. The fraction of sp³-hybridized carbons (Fsp3) is 0.375. The van der Waals surface area contributed by atoms with Crippen LogP contribution in [0, 0.1) is 5.82 Å². The maximum absolute atomic E-state index is 13.3. The van der Waals surface area contributed by atoms with Gasteiger partial charge in [-0.15, -0.1) is 0 Å². The zero-order valence-electron chi connectivity index (χ0n) is 17.1. The van der Waals surface area contributed by atoms with Crippen LogP contribution >= 0.6 is 23.2 Å². The average molecular weight is 447 g/mol. The number of likely N-dealkylation sites (tertiary alicyclic amines) is 1. The van der Waals surface area contributed by atoms with Crippen molar-refractivity contribution >= 4 is 29.1 Å². The van der Waals surface area contributed by atoms with Crippen LogP contribution in [0.15, 0.2) is 54.1 Å². The number of benzene rings is 2. The van der Waals surface area contributed by atoms with Crippen molar-refractivity contribution in [2.75, 3.05) is 20.1 Å². The first kappa shape index (κ1) is 21.4. The SMILES string of the molecule is CC(c1cc(Cl)cc(Cl)c1)N1CC=C(C2CC(c3ccc(F)cc3)CCN2C)C1=O. The molecule has 0 N–H and O–H groups in total. The number of amides is 1. The summed E-state index contributed by atoms with van der Waals surface area (Å²) >= 11 is 12.3. The van der Waals surface area contributed by atoms with E-state index in [2.05, 4.69) is 18.0 Å². The van der Waals surface area contributed by atoms with Gasteiger partial charge in [-0.1, -0.05) is 41.4 Å². The third-order valence-corrected chi connectivity index (χ3v) is 6.86. The fourth-order valence-corrected chi connectivity index (χ4v) is 5.17. The van der Waals surface area contributed by atoms with Crippen molar-refractivity contribution in [3.05, 3.63) is 81.1 Å². The lowest BCUT2D eigenvalue weighted by Gasteiger charge is -2.38. The second-order valence-corrected chi connectivity index (χ2v) is 9.14. The van der Waals surface area contributed by atoms with E-state index in [0.29, 0.717) is 22.5 Å². The lowest BCUT2D eigenvalue weighted by Crippen LogP contribution is -2.43. The lowest BCUT2D eigenvalue weighted by atomic mass is 9.83. The Labute approximate surface area is 187 Å². The largest absolute Gasteiger partial charge is 0.328 e. The molecule has 0 bridgehead atoms. The van der Waals surface area contributed by atoms with Gasteiger partial charge >= 0.3 is 0 Å². The molecule has 30 heavy (non-hydrogen) atoms. The van der Waals surface area contributed by atoms with E-state index in [0.717, 1.165) is 36.1 Å². The summed E-state index contributed by atoms with van der Waals surface area (Å²) in [7, 11) is 2.07. The van der Waals surface area contributed by atoms with Gasteiger partial charge in [-0.25, -0.2) is 4.39 Å². The second kappa shape index (κ2) is 8.70. The Bertz CT molecular complexity index is 955. The summed E-state index contributed by atoms with van der Waals surface area (Å²) in [5.41, 5.74) is 2.92. The van der Waals surface area contributed by atoms with Crippen LogP contribution in [-0.2, 0) is 4.79 Å². The molecule has 3 atom stereocenters. The Morgan fingerprint density at radius 3 is 2.43 bits per heavy atom. The topological polar surface area (TPSA) is 23.6 Å². The Kier molecular flexibility index (Phi) is 6.19. The second-order valence-electron chi connectivity index (χ2n) is 8.26. The molecule has 6 heteroatoms. The van der Waals surface area contributed by atoms with Crippen molar-refractivity contribution < 1.29 is 9.18 Å². The van der Waals surface area contributed by atoms with Crippen LogP contribution in [0.3, 0.4) is 0 Å². The quantitative estimate of drug-likeness (QED) is 0.588. The van der Waals surface area contributed by atoms with Crippen molar-refractivity contribution in [2.24, 2.45) is 0 Å². The van der Waals surface area contributed by atoms with Crippen molar-refractivity contribution in [1.82, 2.24) is 9.80 Å². The smallest absolute Gasteiger partial charge is 0.251 e. The molecule has 1 fully saturated rings. The van der Waals surface area contributed by atoms with Crippen molar-refractivity contribution in [2.45, 2.75) is 37.8 Å². The molecule has 1 amide bonds. The minimum Gasteiger partial charge on any atom is -0.328 e. The molecule has 2 aliphatic rings. The normalized spacial score (nSPS) is 23.6. The first-order valence-electron chi connectivity index (χ1n) is 10.3. The number of hydrogen-bond donors (Lipinski definition) is 0. The molecule has 2 aromatic carbocycles. The van der Waals surface area contributed by atoms with Crippen LogP contribution in [0.2, 0.25) is 10.0 Å². The molecule has 1 saturated heterocycles. The monoisotopic (exact) mass is 446 g/mol. The Morgan fingerprint density at radius 1 is 1.10 bits per heavy atom. The summed E-state index contributed by atoms with van der Waals surface area (Å²) in [5, 5.41) is 1.14. The number of likely N-dealkylation sites (N-methyl/N-ethyl adjacent to an activating group) is 1. The van der Waals surface area contributed by atoms with Crippen molar-refractivity contribution in [3.8, 4) is 0 Å². The Morgan fingerprint density at radius 2 is 1.77 bits per heavy atom. The molecule has 0 saturated carbocycles. The van der Waals surface area contributed by atoms with Gasteiger partial charge in [0.1, 0.15) is 5.82 Å². The summed E-state index contributed by atoms with van der Waals surface area (Å²) < 4.78 is 13.3. The zero-order chi connectivity index (χ0) is 21.4. The van der Waals surface area contributed by atoms with E-state index in [1.165, 1.54) is 12.1 Å². The molecule has 0 aliphatic carbocycles. The zero-order valence-corrected chi connectivity index (χ0v) is 18.6. The third kappa shape index (κ3) is 4.27. The van der Waals surface area contributed by atoms with Gasteiger partial charge in [0, 0.05) is 28.2 Å². The molecule has 3 unspecified atom stereocenters. The summed E-state index contributed by atoms with van der Waals surface area (Å²) in [6.07, 6.45) is 3.91. The van der Waals surface area contributed by atoms with E-state index in [1.807, 2.05) is 36.1 Å².